The van der Waals surface area contributed by atoms with Crippen molar-refractivity contribution in [2.45, 2.75) is 26.2 Å². The summed E-state index contributed by atoms with van der Waals surface area (Å²) in [5, 5.41) is 18.0. The number of nitrogens with one attached hydrogen (secondary N) is 1. The molecule has 0 aliphatic carbocycles. The van der Waals surface area contributed by atoms with Crippen molar-refractivity contribution in [2.24, 2.45) is 0 Å². The second kappa shape index (κ2) is 6.77. The van der Waals surface area contributed by atoms with Gasteiger partial charge in [-0.25, -0.2) is 9.78 Å². The second-order valence-corrected chi connectivity index (χ2v) is 7.87. The van der Waals surface area contributed by atoms with Gasteiger partial charge in [-0.15, -0.1) is 0 Å². The zero-order valence-corrected chi connectivity index (χ0v) is 16.7. The molecular weight excluding hydrogens is 368 g/mol. The molecule has 2 heterocycles. The molecule has 2 aromatic heterocycles. The maximum atomic E-state index is 11.9. The molecule has 0 aliphatic heterocycles. The van der Waals surface area contributed by atoms with Gasteiger partial charge < -0.3 is 9.84 Å². The molecule has 0 spiro atoms. The van der Waals surface area contributed by atoms with Crippen molar-refractivity contribution in [3.8, 4) is 23.0 Å². The van der Waals surface area contributed by atoms with Crippen molar-refractivity contribution in [2.75, 3.05) is 7.11 Å². The number of benzene rings is 2. The van der Waals surface area contributed by atoms with Crippen LogP contribution in [0.4, 0.5) is 0 Å². The van der Waals surface area contributed by atoms with Crippen molar-refractivity contribution < 1.29 is 14.6 Å². The molecule has 4 rings (SSSR count). The monoisotopic (exact) mass is 390 g/mol. The summed E-state index contributed by atoms with van der Waals surface area (Å²) in [5.74, 6) is 0.873. The molecule has 4 aromatic rings. The van der Waals surface area contributed by atoms with Crippen LogP contribution in [0.3, 0.4) is 0 Å². The smallest absolute Gasteiger partial charge is 0.337 e. The number of aromatic nitrogens is 4. The Morgan fingerprint density at radius 1 is 1.14 bits per heavy atom. The Balaban J connectivity index is 2.00. The van der Waals surface area contributed by atoms with E-state index >= 15 is 0 Å². The number of rotatable bonds is 3. The van der Waals surface area contributed by atoms with Crippen molar-refractivity contribution in [3.05, 3.63) is 59.8 Å². The lowest BCUT2D eigenvalue weighted by atomic mass is 9.92. The molecule has 0 unspecified atom stereocenters. The third-order valence-electron chi connectivity index (χ3n) is 4.82. The summed E-state index contributed by atoms with van der Waals surface area (Å²) in [5.41, 5.74) is 3.22. The fourth-order valence-electron chi connectivity index (χ4n) is 3.21. The number of esters is 1. The van der Waals surface area contributed by atoms with Gasteiger partial charge in [-0.05, 0) is 30.3 Å². The number of phenolic OH excluding ortho intramolecular Hbond substituents is 1. The van der Waals surface area contributed by atoms with Gasteiger partial charge in [-0.1, -0.05) is 32.9 Å². The Morgan fingerprint density at radius 3 is 2.55 bits per heavy atom. The summed E-state index contributed by atoms with van der Waals surface area (Å²) in [6.45, 7) is 6.30. The highest BCUT2D eigenvalue weighted by Crippen LogP contribution is 2.34. The van der Waals surface area contributed by atoms with E-state index in [1.54, 1.807) is 30.3 Å². The van der Waals surface area contributed by atoms with E-state index in [4.69, 9.17) is 9.72 Å². The number of hydrogen-bond donors (Lipinski definition) is 2. The largest absolute Gasteiger partial charge is 0.507 e. The van der Waals surface area contributed by atoms with Gasteiger partial charge in [0.15, 0.2) is 11.6 Å². The number of imidazole rings is 1. The first kappa shape index (κ1) is 18.7. The van der Waals surface area contributed by atoms with Gasteiger partial charge in [0.2, 0.25) is 0 Å². The number of methoxy groups -OCH3 is 1. The SMILES string of the molecule is COC(=O)c1ccc2c(c1)nc(-c1ccccc1O)n2-c1cc(C(C)(C)C)[nH]n1. The summed E-state index contributed by atoms with van der Waals surface area (Å²) >= 11 is 0. The number of H-pyrrole nitrogens is 1. The molecular formula is C22H22N4O3. The lowest BCUT2D eigenvalue weighted by molar-refractivity contribution is 0.0601. The Labute approximate surface area is 168 Å². The minimum Gasteiger partial charge on any atom is -0.507 e. The molecule has 0 amide bonds. The number of carbonyl (C=O) groups is 1. The Morgan fingerprint density at radius 2 is 1.90 bits per heavy atom. The molecule has 0 saturated heterocycles. The predicted octanol–water partition coefficient (Wildman–Crippen LogP) is 4.21. The first-order chi connectivity index (χ1) is 13.8. The van der Waals surface area contributed by atoms with Crippen LogP contribution in [0.15, 0.2) is 48.5 Å². The number of para-hydroxylation sites is 1. The normalized spacial score (nSPS) is 11.7. The standard InChI is InChI=1S/C22H22N4O3/c1-22(2,3)18-12-19(25-24-18)26-16-10-9-13(21(28)29-4)11-15(16)23-20(26)14-7-5-6-8-17(14)27/h5-12,27H,1-4H3,(H,24,25). The van der Waals surface area contributed by atoms with Crippen LogP contribution in [-0.2, 0) is 10.2 Å². The van der Waals surface area contributed by atoms with Crippen molar-refractivity contribution in [3.63, 3.8) is 0 Å². The number of nitrogens with zero attached hydrogens (tertiary/aromatic N) is 3. The molecule has 2 N–H and O–H groups in total. The summed E-state index contributed by atoms with van der Waals surface area (Å²) in [7, 11) is 1.34. The molecule has 0 atom stereocenters. The molecule has 0 fully saturated rings. The Hall–Kier alpha value is -3.61. The molecule has 2 aromatic carbocycles. The second-order valence-electron chi connectivity index (χ2n) is 7.87. The number of aromatic amines is 1. The van der Waals surface area contributed by atoms with Crippen molar-refractivity contribution in [1.29, 1.82) is 0 Å². The van der Waals surface area contributed by atoms with Crippen molar-refractivity contribution in [1.82, 2.24) is 19.7 Å². The van der Waals surface area contributed by atoms with E-state index in [2.05, 4.69) is 31.0 Å². The number of aromatic hydroxyl groups is 1. The first-order valence-corrected chi connectivity index (χ1v) is 9.25. The van der Waals surface area contributed by atoms with E-state index < -0.39 is 5.97 Å². The van der Waals surface area contributed by atoms with E-state index in [1.807, 2.05) is 22.8 Å². The minimum absolute atomic E-state index is 0.102. The lowest BCUT2D eigenvalue weighted by Crippen LogP contribution is -2.11. The number of hydrogen-bond acceptors (Lipinski definition) is 5. The molecule has 0 saturated carbocycles. The molecule has 0 bridgehead atoms. The average Bonchev–Trinajstić information content (AvgIpc) is 3.31. The highest BCUT2D eigenvalue weighted by molar-refractivity contribution is 5.95. The van der Waals surface area contributed by atoms with Gasteiger partial charge >= 0.3 is 5.97 Å². The summed E-state index contributed by atoms with van der Waals surface area (Å²) in [6, 6.07) is 14.2. The number of ether oxygens (including phenoxy) is 1. The van der Waals surface area contributed by atoms with E-state index in [1.165, 1.54) is 7.11 Å². The molecule has 0 radical (unpaired) electrons. The van der Waals surface area contributed by atoms with Crippen LogP contribution in [0.25, 0.3) is 28.2 Å². The van der Waals surface area contributed by atoms with E-state index in [9.17, 15) is 9.90 Å². The highest BCUT2D eigenvalue weighted by atomic mass is 16.5. The fraction of sp³-hybridized carbons (Fsp3) is 0.227. The maximum absolute atomic E-state index is 11.9. The zero-order valence-electron chi connectivity index (χ0n) is 16.7. The van der Waals surface area contributed by atoms with Gasteiger partial charge in [0.25, 0.3) is 0 Å². The van der Waals surface area contributed by atoms with Gasteiger partial charge in [0.05, 0.1) is 29.3 Å². The summed E-state index contributed by atoms with van der Waals surface area (Å²) < 4.78 is 6.69. The van der Waals surface area contributed by atoms with Gasteiger partial charge in [-0.3, -0.25) is 9.67 Å². The summed E-state index contributed by atoms with van der Waals surface area (Å²) in [4.78, 5) is 16.7. The average molecular weight is 390 g/mol. The quantitative estimate of drug-likeness (QED) is 0.511. The predicted molar refractivity (Wildman–Crippen MR) is 110 cm³/mol. The molecule has 148 valence electrons. The number of fused-ring (bicyclic) bond motifs is 1. The van der Waals surface area contributed by atoms with Gasteiger partial charge in [0.1, 0.15) is 5.75 Å². The van der Waals surface area contributed by atoms with Crippen LogP contribution in [0.1, 0.15) is 36.8 Å². The number of carbonyl (C=O) groups excluding carboxylic acids is 1. The van der Waals surface area contributed by atoms with E-state index in [-0.39, 0.29) is 11.2 Å². The van der Waals surface area contributed by atoms with Crippen LogP contribution in [-0.4, -0.2) is 37.9 Å². The van der Waals surface area contributed by atoms with Gasteiger partial charge in [-0.2, -0.15) is 5.10 Å². The first-order valence-electron chi connectivity index (χ1n) is 9.25. The minimum atomic E-state index is -0.430. The topological polar surface area (TPSA) is 93.0 Å². The Bertz CT molecular complexity index is 1210. The third-order valence-corrected chi connectivity index (χ3v) is 4.82. The molecule has 7 nitrogen and oxygen atoms in total. The van der Waals surface area contributed by atoms with Crippen LogP contribution in [0.2, 0.25) is 0 Å². The highest BCUT2D eigenvalue weighted by Gasteiger charge is 2.22. The zero-order chi connectivity index (χ0) is 20.8. The van der Waals surface area contributed by atoms with Crippen LogP contribution < -0.4 is 0 Å². The van der Waals surface area contributed by atoms with Gasteiger partial charge in [0, 0.05) is 17.2 Å². The van der Waals surface area contributed by atoms with E-state index in [0.29, 0.717) is 28.3 Å². The van der Waals surface area contributed by atoms with Crippen LogP contribution in [0, 0.1) is 0 Å². The third kappa shape index (κ3) is 3.24. The van der Waals surface area contributed by atoms with Crippen LogP contribution >= 0.6 is 0 Å². The number of phenols is 1. The van der Waals surface area contributed by atoms with E-state index in [0.717, 1.165) is 11.2 Å². The fourth-order valence-corrected chi connectivity index (χ4v) is 3.21. The molecule has 0 aliphatic rings. The van der Waals surface area contributed by atoms with Crippen molar-refractivity contribution >= 4 is 17.0 Å². The molecule has 7 heteroatoms. The maximum Gasteiger partial charge on any atom is 0.337 e. The molecule has 29 heavy (non-hydrogen) atoms. The summed E-state index contributed by atoms with van der Waals surface area (Å²) in [6.07, 6.45) is 0. The van der Waals surface area contributed by atoms with Crippen LogP contribution in [0.5, 0.6) is 5.75 Å². The lowest BCUT2D eigenvalue weighted by Gasteiger charge is -2.14. The Kier molecular flexibility index (Phi) is 4.38.